The van der Waals surface area contributed by atoms with Gasteiger partial charge in [0.1, 0.15) is 0 Å². The molecule has 3 aromatic rings. The Hall–Kier alpha value is -2.79. The molecule has 0 aliphatic carbocycles. The molecule has 0 unspecified atom stereocenters. The number of carbonyl (C=O) groups excluding carboxylic acids is 2. The lowest BCUT2D eigenvalue weighted by molar-refractivity contribution is -0.115. The van der Waals surface area contributed by atoms with Crippen LogP contribution in [0.5, 0.6) is 0 Å². The van der Waals surface area contributed by atoms with Crippen LogP contribution in [0.3, 0.4) is 0 Å². The molecule has 25 heavy (non-hydrogen) atoms. The third-order valence-electron chi connectivity index (χ3n) is 4.39. The van der Waals surface area contributed by atoms with Gasteiger partial charge in [-0.05, 0) is 35.2 Å². The first kappa shape index (κ1) is 15.7. The van der Waals surface area contributed by atoms with Gasteiger partial charge < -0.3 is 15.2 Å². The van der Waals surface area contributed by atoms with Crippen molar-refractivity contribution in [1.82, 2.24) is 9.88 Å². The highest BCUT2D eigenvalue weighted by Gasteiger charge is 2.23. The van der Waals surface area contributed by atoms with Crippen molar-refractivity contribution < 1.29 is 9.59 Å². The largest absolute Gasteiger partial charge is 0.357 e. The summed E-state index contributed by atoms with van der Waals surface area (Å²) >= 11 is 6.26. The van der Waals surface area contributed by atoms with E-state index in [0.29, 0.717) is 22.8 Å². The smallest absolute Gasteiger partial charge is 0.255 e. The molecule has 2 amide bonds. The van der Waals surface area contributed by atoms with Crippen molar-refractivity contribution in [3.8, 4) is 0 Å². The van der Waals surface area contributed by atoms with Crippen molar-refractivity contribution in [2.45, 2.75) is 13.0 Å². The lowest BCUT2D eigenvalue weighted by atomic mass is 10.1. The quantitative estimate of drug-likeness (QED) is 0.755. The number of anilines is 1. The highest BCUT2D eigenvalue weighted by molar-refractivity contribution is 6.34. The molecule has 0 saturated carbocycles. The van der Waals surface area contributed by atoms with Gasteiger partial charge in [0, 0.05) is 23.9 Å². The average molecular weight is 354 g/mol. The summed E-state index contributed by atoms with van der Waals surface area (Å²) < 4.78 is 0. The molecule has 5 nitrogen and oxygen atoms in total. The fraction of sp³-hybridized carbons (Fsp3) is 0.158. The van der Waals surface area contributed by atoms with Gasteiger partial charge >= 0.3 is 0 Å². The number of hydrogen-bond donors (Lipinski definition) is 2. The van der Waals surface area contributed by atoms with Crippen molar-refractivity contribution in [2.75, 3.05) is 12.4 Å². The molecule has 0 atom stereocenters. The SMILES string of the molecule is CN(Cc1cc2ccccc2[nH]1)C(=O)c1cc2c(cc1Cl)NC(=O)C2. The maximum absolute atomic E-state index is 12.8. The summed E-state index contributed by atoms with van der Waals surface area (Å²) in [4.78, 5) is 29.2. The zero-order valence-electron chi connectivity index (χ0n) is 13.6. The van der Waals surface area contributed by atoms with E-state index in [9.17, 15) is 9.59 Å². The van der Waals surface area contributed by atoms with Gasteiger partial charge in [-0.25, -0.2) is 0 Å². The van der Waals surface area contributed by atoms with Crippen molar-refractivity contribution in [3.05, 3.63) is 64.3 Å². The number of carbonyl (C=O) groups is 2. The summed E-state index contributed by atoms with van der Waals surface area (Å²) in [6.07, 6.45) is 0.276. The van der Waals surface area contributed by atoms with Crippen LogP contribution in [-0.2, 0) is 17.8 Å². The molecule has 1 aliphatic heterocycles. The second-order valence-electron chi connectivity index (χ2n) is 6.26. The minimum absolute atomic E-state index is 0.0814. The van der Waals surface area contributed by atoms with E-state index in [1.807, 2.05) is 30.3 Å². The molecular formula is C19H16ClN3O2. The lowest BCUT2D eigenvalue weighted by Crippen LogP contribution is -2.26. The Labute approximate surface area is 149 Å². The molecule has 6 heteroatoms. The van der Waals surface area contributed by atoms with E-state index in [4.69, 9.17) is 11.6 Å². The van der Waals surface area contributed by atoms with E-state index >= 15 is 0 Å². The number of H-pyrrole nitrogens is 1. The molecule has 0 radical (unpaired) electrons. The fourth-order valence-electron chi connectivity index (χ4n) is 3.16. The minimum Gasteiger partial charge on any atom is -0.357 e. The van der Waals surface area contributed by atoms with E-state index < -0.39 is 0 Å². The maximum Gasteiger partial charge on any atom is 0.255 e. The third-order valence-corrected chi connectivity index (χ3v) is 4.70. The Morgan fingerprint density at radius 1 is 1.24 bits per heavy atom. The molecular weight excluding hydrogens is 338 g/mol. The number of para-hydroxylation sites is 1. The molecule has 4 rings (SSSR count). The van der Waals surface area contributed by atoms with E-state index in [-0.39, 0.29) is 18.2 Å². The van der Waals surface area contributed by atoms with Crippen molar-refractivity contribution in [1.29, 1.82) is 0 Å². The van der Waals surface area contributed by atoms with Gasteiger partial charge in [-0.2, -0.15) is 0 Å². The summed E-state index contributed by atoms with van der Waals surface area (Å²) in [6, 6.07) is 13.4. The zero-order chi connectivity index (χ0) is 17.6. The van der Waals surface area contributed by atoms with Gasteiger partial charge in [0.25, 0.3) is 5.91 Å². The Morgan fingerprint density at radius 2 is 2.04 bits per heavy atom. The monoisotopic (exact) mass is 353 g/mol. The van der Waals surface area contributed by atoms with E-state index in [1.165, 1.54) is 0 Å². The van der Waals surface area contributed by atoms with Crippen LogP contribution in [-0.4, -0.2) is 28.7 Å². The molecule has 1 aliphatic rings. The first-order valence-corrected chi connectivity index (χ1v) is 8.33. The lowest BCUT2D eigenvalue weighted by Gasteiger charge is -2.18. The van der Waals surface area contributed by atoms with Gasteiger partial charge in [-0.3, -0.25) is 9.59 Å². The second-order valence-corrected chi connectivity index (χ2v) is 6.66. The number of fused-ring (bicyclic) bond motifs is 2. The molecule has 126 valence electrons. The molecule has 0 spiro atoms. The van der Waals surface area contributed by atoms with Crippen LogP contribution in [0, 0.1) is 0 Å². The van der Waals surface area contributed by atoms with E-state index in [2.05, 4.69) is 10.3 Å². The molecule has 0 bridgehead atoms. The zero-order valence-corrected chi connectivity index (χ0v) is 14.4. The van der Waals surface area contributed by atoms with Gasteiger partial charge in [-0.15, -0.1) is 0 Å². The van der Waals surface area contributed by atoms with Gasteiger partial charge in [0.15, 0.2) is 0 Å². The summed E-state index contributed by atoms with van der Waals surface area (Å²) in [5.41, 5.74) is 3.89. The summed E-state index contributed by atoms with van der Waals surface area (Å²) in [5.74, 6) is -0.257. The number of aromatic nitrogens is 1. The second kappa shape index (κ2) is 5.93. The molecule has 1 aromatic heterocycles. The van der Waals surface area contributed by atoms with Crippen LogP contribution in [0.15, 0.2) is 42.5 Å². The van der Waals surface area contributed by atoms with E-state index in [1.54, 1.807) is 24.1 Å². The average Bonchev–Trinajstić information content (AvgIpc) is 3.14. The van der Waals surface area contributed by atoms with Crippen molar-refractivity contribution in [3.63, 3.8) is 0 Å². The number of halogens is 1. The highest BCUT2D eigenvalue weighted by Crippen LogP contribution is 2.30. The molecule has 2 heterocycles. The predicted octanol–water partition coefficient (Wildman–Crippen LogP) is 3.59. The highest BCUT2D eigenvalue weighted by atomic mass is 35.5. The summed E-state index contributed by atoms with van der Waals surface area (Å²) in [5, 5.41) is 4.19. The van der Waals surface area contributed by atoms with Crippen molar-refractivity contribution in [2.24, 2.45) is 0 Å². The maximum atomic E-state index is 12.8. The van der Waals surface area contributed by atoms with Crippen LogP contribution < -0.4 is 5.32 Å². The first-order valence-electron chi connectivity index (χ1n) is 7.95. The Kier molecular flexibility index (Phi) is 3.73. The number of benzene rings is 2. The van der Waals surface area contributed by atoms with Crippen LogP contribution in [0.1, 0.15) is 21.6 Å². The van der Waals surface area contributed by atoms with Gasteiger partial charge in [0.05, 0.1) is 23.6 Å². The first-order chi connectivity index (χ1) is 12.0. The van der Waals surface area contributed by atoms with Gasteiger partial charge in [0.2, 0.25) is 5.91 Å². The minimum atomic E-state index is -0.175. The number of aromatic amines is 1. The molecule has 2 N–H and O–H groups in total. The number of rotatable bonds is 3. The molecule has 0 fully saturated rings. The summed E-state index contributed by atoms with van der Waals surface area (Å²) in [6.45, 7) is 0.443. The Bertz CT molecular complexity index is 976. The number of amides is 2. The van der Waals surface area contributed by atoms with Crippen LogP contribution in [0.25, 0.3) is 10.9 Å². The topological polar surface area (TPSA) is 65.2 Å². The number of hydrogen-bond acceptors (Lipinski definition) is 2. The molecule has 2 aromatic carbocycles. The molecule has 0 saturated heterocycles. The number of nitrogens with one attached hydrogen (secondary N) is 2. The Morgan fingerprint density at radius 3 is 2.84 bits per heavy atom. The Balaban J connectivity index is 1.58. The normalized spacial score (nSPS) is 13.0. The van der Waals surface area contributed by atoms with Crippen molar-refractivity contribution >= 4 is 40.0 Å². The standard InChI is InChI=1S/C19H16ClN3O2/c1-23(10-13-6-11-4-2-3-5-16(11)21-13)19(25)14-7-12-8-18(24)22-17(12)9-15(14)20/h2-7,9,21H,8,10H2,1H3,(H,22,24). The third kappa shape index (κ3) is 2.87. The van der Waals surface area contributed by atoms with Crippen LogP contribution in [0.2, 0.25) is 5.02 Å². The van der Waals surface area contributed by atoms with Gasteiger partial charge in [-0.1, -0.05) is 29.8 Å². The summed E-state index contributed by atoms with van der Waals surface area (Å²) in [7, 11) is 1.74. The van der Waals surface area contributed by atoms with E-state index in [0.717, 1.165) is 22.2 Å². The van der Waals surface area contributed by atoms with Crippen LogP contribution >= 0.6 is 11.6 Å². The van der Waals surface area contributed by atoms with Crippen LogP contribution in [0.4, 0.5) is 5.69 Å². The number of nitrogens with zero attached hydrogens (tertiary/aromatic N) is 1. The fourth-order valence-corrected chi connectivity index (χ4v) is 3.41. The predicted molar refractivity (Wildman–Crippen MR) is 97.9 cm³/mol.